The molecule has 0 N–H and O–H groups in total. The van der Waals surface area contributed by atoms with Gasteiger partial charge in [-0.2, -0.15) is 0 Å². The Morgan fingerprint density at radius 1 is 1.38 bits per heavy atom. The molecule has 68 valence electrons. The third-order valence-corrected chi connectivity index (χ3v) is 3.01. The smallest absolute Gasteiger partial charge is 0.137 e. The highest BCUT2D eigenvalue weighted by atomic mass is 32.1. The second kappa shape index (κ2) is 3.38. The maximum absolute atomic E-state index is 5.54. The minimum absolute atomic E-state index is 0.732. The molecule has 1 aromatic carbocycles. The first-order valence-electron chi connectivity index (χ1n) is 4.43. The Hall–Kier alpha value is -1.02. The first kappa shape index (κ1) is 8.57. The van der Waals surface area contributed by atoms with Crippen LogP contribution in [0.1, 0.15) is 11.8 Å². The molecule has 0 fully saturated rings. The summed E-state index contributed by atoms with van der Waals surface area (Å²) < 4.78 is 6.81. The van der Waals surface area contributed by atoms with Crippen LogP contribution in [0.25, 0.3) is 10.1 Å². The molecule has 0 unspecified atom stereocenters. The molecule has 1 aromatic heterocycles. The average molecular weight is 192 g/mol. The van der Waals surface area contributed by atoms with Crippen LogP contribution in [0.3, 0.4) is 0 Å². The number of ether oxygens (including phenoxy) is 1. The van der Waals surface area contributed by atoms with Crippen molar-refractivity contribution in [1.82, 2.24) is 0 Å². The van der Waals surface area contributed by atoms with Crippen molar-refractivity contribution in [3.05, 3.63) is 29.1 Å². The quantitative estimate of drug-likeness (QED) is 0.706. The Bertz CT molecular complexity index is 417. The predicted molar refractivity (Wildman–Crippen MR) is 57.7 cm³/mol. The average Bonchev–Trinajstić information content (AvgIpc) is 2.47. The van der Waals surface area contributed by atoms with Crippen LogP contribution in [0.15, 0.2) is 24.3 Å². The number of fused-ring (bicyclic) bond motifs is 1. The fourth-order valence-corrected chi connectivity index (χ4v) is 2.41. The molecule has 0 aliphatic rings. The molecule has 0 aliphatic heterocycles. The molecule has 2 heteroatoms. The summed E-state index contributed by atoms with van der Waals surface area (Å²) >= 11 is 1.79. The van der Waals surface area contributed by atoms with Crippen LogP contribution in [0.5, 0.6) is 5.75 Å². The molecular weight excluding hydrogens is 180 g/mol. The van der Waals surface area contributed by atoms with Gasteiger partial charge in [0.05, 0.1) is 11.3 Å². The van der Waals surface area contributed by atoms with E-state index < -0.39 is 0 Å². The van der Waals surface area contributed by atoms with Crippen molar-refractivity contribution < 1.29 is 4.74 Å². The van der Waals surface area contributed by atoms with Gasteiger partial charge in [-0.15, -0.1) is 11.3 Å². The summed E-state index contributed by atoms with van der Waals surface area (Å²) in [6.07, 6.45) is 0. The largest absolute Gasteiger partial charge is 0.492 e. The lowest BCUT2D eigenvalue weighted by Crippen LogP contribution is -1.90. The van der Waals surface area contributed by atoms with E-state index >= 15 is 0 Å². The van der Waals surface area contributed by atoms with Gasteiger partial charge in [-0.3, -0.25) is 0 Å². The van der Waals surface area contributed by atoms with Crippen LogP contribution in [-0.2, 0) is 0 Å². The van der Waals surface area contributed by atoms with Gasteiger partial charge in [-0.05, 0) is 31.4 Å². The van der Waals surface area contributed by atoms with Gasteiger partial charge in [0.1, 0.15) is 5.75 Å². The fourth-order valence-electron chi connectivity index (χ4n) is 1.43. The van der Waals surface area contributed by atoms with E-state index in [-0.39, 0.29) is 0 Å². The third-order valence-electron chi connectivity index (χ3n) is 1.93. The standard InChI is InChI=1S/C11H12OS/c1-3-12-10-6-4-5-9-7-8(2)13-11(9)10/h4-7H,3H2,1-2H3. The van der Waals surface area contributed by atoms with Crippen molar-refractivity contribution in [1.29, 1.82) is 0 Å². The zero-order chi connectivity index (χ0) is 9.26. The fraction of sp³-hybridized carbons (Fsp3) is 0.273. The second-order valence-electron chi connectivity index (χ2n) is 2.96. The number of hydrogen-bond donors (Lipinski definition) is 0. The highest BCUT2D eigenvalue weighted by Gasteiger charge is 2.03. The van der Waals surface area contributed by atoms with Crippen molar-refractivity contribution >= 4 is 21.4 Å². The van der Waals surface area contributed by atoms with Crippen molar-refractivity contribution in [2.24, 2.45) is 0 Å². The number of thiophene rings is 1. The van der Waals surface area contributed by atoms with E-state index in [9.17, 15) is 0 Å². The lowest BCUT2D eigenvalue weighted by molar-refractivity contribution is 0.345. The normalized spacial score (nSPS) is 10.6. The molecule has 0 saturated carbocycles. The van der Waals surface area contributed by atoms with Crippen LogP contribution in [-0.4, -0.2) is 6.61 Å². The van der Waals surface area contributed by atoms with Gasteiger partial charge in [0.25, 0.3) is 0 Å². The molecule has 1 heterocycles. The van der Waals surface area contributed by atoms with Crippen LogP contribution < -0.4 is 4.74 Å². The van der Waals surface area contributed by atoms with E-state index in [1.54, 1.807) is 11.3 Å². The minimum Gasteiger partial charge on any atom is -0.492 e. The van der Waals surface area contributed by atoms with Crippen LogP contribution >= 0.6 is 11.3 Å². The SMILES string of the molecule is CCOc1cccc2cc(C)sc12. The molecule has 0 spiro atoms. The minimum atomic E-state index is 0.732. The predicted octanol–water partition coefficient (Wildman–Crippen LogP) is 3.61. The van der Waals surface area contributed by atoms with E-state index in [1.807, 2.05) is 19.1 Å². The van der Waals surface area contributed by atoms with E-state index in [0.29, 0.717) is 0 Å². The van der Waals surface area contributed by atoms with E-state index in [1.165, 1.54) is 15.0 Å². The van der Waals surface area contributed by atoms with Gasteiger partial charge >= 0.3 is 0 Å². The van der Waals surface area contributed by atoms with Crippen LogP contribution in [0.4, 0.5) is 0 Å². The topological polar surface area (TPSA) is 9.23 Å². The number of rotatable bonds is 2. The van der Waals surface area contributed by atoms with Crippen molar-refractivity contribution in [3.63, 3.8) is 0 Å². The van der Waals surface area contributed by atoms with Gasteiger partial charge < -0.3 is 4.74 Å². The van der Waals surface area contributed by atoms with Crippen LogP contribution in [0.2, 0.25) is 0 Å². The summed E-state index contributed by atoms with van der Waals surface area (Å²) in [7, 11) is 0. The summed E-state index contributed by atoms with van der Waals surface area (Å²) in [6.45, 7) is 4.87. The first-order chi connectivity index (χ1) is 6.31. The Balaban J connectivity index is 2.60. The lowest BCUT2D eigenvalue weighted by atomic mass is 10.2. The van der Waals surface area contributed by atoms with E-state index in [0.717, 1.165) is 12.4 Å². The highest BCUT2D eigenvalue weighted by Crippen LogP contribution is 2.32. The summed E-state index contributed by atoms with van der Waals surface area (Å²) in [4.78, 5) is 1.34. The Morgan fingerprint density at radius 2 is 2.23 bits per heavy atom. The molecule has 0 saturated heterocycles. The van der Waals surface area contributed by atoms with Gasteiger partial charge in [0, 0.05) is 4.88 Å². The third kappa shape index (κ3) is 1.54. The lowest BCUT2D eigenvalue weighted by Gasteiger charge is -2.02. The molecule has 0 amide bonds. The van der Waals surface area contributed by atoms with Crippen molar-refractivity contribution in [2.75, 3.05) is 6.61 Å². The molecule has 0 bridgehead atoms. The number of aryl methyl sites for hydroxylation is 1. The second-order valence-corrected chi connectivity index (χ2v) is 4.22. The zero-order valence-electron chi connectivity index (χ0n) is 7.83. The summed E-state index contributed by atoms with van der Waals surface area (Å²) in [5.41, 5.74) is 0. The van der Waals surface area contributed by atoms with Gasteiger partial charge in [0.2, 0.25) is 0 Å². The Kier molecular flexibility index (Phi) is 2.23. The Labute approximate surface area is 82.0 Å². The summed E-state index contributed by atoms with van der Waals surface area (Å²) in [5, 5.41) is 1.29. The summed E-state index contributed by atoms with van der Waals surface area (Å²) in [6, 6.07) is 8.39. The van der Waals surface area contributed by atoms with Gasteiger partial charge in [0.15, 0.2) is 0 Å². The molecule has 0 radical (unpaired) electrons. The molecule has 2 rings (SSSR count). The molecular formula is C11H12OS. The zero-order valence-corrected chi connectivity index (χ0v) is 8.65. The van der Waals surface area contributed by atoms with E-state index in [2.05, 4.69) is 19.1 Å². The molecule has 1 nitrogen and oxygen atoms in total. The van der Waals surface area contributed by atoms with E-state index in [4.69, 9.17) is 4.74 Å². The number of hydrogen-bond acceptors (Lipinski definition) is 2. The summed E-state index contributed by atoms with van der Waals surface area (Å²) in [5.74, 6) is 1.01. The van der Waals surface area contributed by atoms with Gasteiger partial charge in [-0.1, -0.05) is 12.1 Å². The monoisotopic (exact) mass is 192 g/mol. The van der Waals surface area contributed by atoms with Crippen LogP contribution in [0, 0.1) is 6.92 Å². The van der Waals surface area contributed by atoms with Crippen molar-refractivity contribution in [3.8, 4) is 5.75 Å². The maximum atomic E-state index is 5.54. The van der Waals surface area contributed by atoms with Gasteiger partial charge in [-0.25, -0.2) is 0 Å². The highest BCUT2D eigenvalue weighted by molar-refractivity contribution is 7.19. The van der Waals surface area contributed by atoms with Crippen molar-refractivity contribution in [2.45, 2.75) is 13.8 Å². The first-order valence-corrected chi connectivity index (χ1v) is 5.25. The molecule has 0 atom stereocenters. The molecule has 0 aliphatic carbocycles. The molecule has 2 aromatic rings. The molecule has 13 heavy (non-hydrogen) atoms. The Morgan fingerprint density at radius 3 is 3.00 bits per heavy atom. The maximum Gasteiger partial charge on any atom is 0.137 e. The number of benzene rings is 1.